The van der Waals surface area contributed by atoms with Gasteiger partial charge in [-0.1, -0.05) is 23.2 Å². The third-order valence-electron chi connectivity index (χ3n) is 2.60. The Balaban J connectivity index is 1.96. The third-order valence-corrected chi connectivity index (χ3v) is 3.11. The van der Waals surface area contributed by atoms with Gasteiger partial charge in [0.25, 0.3) is 0 Å². The minimum atomic E-state index is -0.475. The molecule has 122 valence electrons. The highest BCUT2D eigenvalue weighted by atomic mass is 35.5. The molecule has 2 heterocycles. The number of carbonyl (C=O) groups excluding carboxylic acids is 1. The van der Waals surface area contributed by atoms with Crippen LogP contribution in [-0.2, 0) is 16.1 Å². The number of halogens is 2. The molecule has 0 bridgehead atoms. The largest absolute Gasteiger partial charge is 0.485 e. The minimum absolute atomic E-state index is 0.207. The van der Waals surface area contributed by atoms with Crippen molar-refractivity contribution in [2.24, 2.45) is 0 Å². The van der Waals surface area contributed by atoms with Crippen LogP contribution in [0.25, 0.3) is 0 Å². The van der Waals surface area contributed by atoms with Crippen LogP contribution in [0.5, 0.6) is 11.6 Å². The average Bonchev–Trinajstić information content (AvgIpc) is 2.54. The normalized spacial score (nSPS) is 10.2. The zero-order chi connectivity index (χ0) is 16.7. The molecule has 2 aromatic rings. The molecule has 0 aliphatic rings. The summed E-state index contributed by atoms with van der Waals surface area (Å²) in [5, 5.41) is 0.868. The van der Waals surface area contributed by atoms with Crippen LogP contribution in [0.1, 0.15) is 12.6 Å². The van der Waals surface area contributed by atoms with Gasteiger partial charge in [-0.2, -0.15) is 0 Å². The van der Waals surface area contributed by atoms with Gasteiger partial charge in [-0.15, -0.1) is 0 Å². The second-order valence-corrected chi connectivity index (χ2v) is 5.15. The number of nitrogens with zero attached hydrogens (tertiary/aromatic N) is 2. The van der Waals surface area contributed by atoms with Crippen LogP contribution in [0.4, 0.5) is 0 Å². The molecule has 0 aromatic carbocycles. The number of ether oxygens (including phenoxy) is 3. The lowest BCUT2D eigenvalue weighted by atomic mass is 10.3. The molecule has 6 nitrogen and oxygen atoms in total. The highest BCUT2D eigenvalue weighted by Crippen LogP contribution is 2.27. The number of carbonyl (C=O) groups is 1. The molecule has 0 unspecified atom stereocenters. The predicted molar refractivity (Wildman–Crippen MR) is 85.0 cm³/mol. The van der Waals surface area contributed by atoms with Crippen LogP contribution in [0.2, 0.25) is 10.0 Å². The Bertz CT molecular complexity index is 665. The molecule has 23 heavy (non-hydrogen) atoms. The fraction of sp³-hybridized carbons (Fsp3) is 0.267. The summed E-state index contributed by atoms with van der Waals surface area (Å²) in [5.41, 5.74) is 0.691. The number of esters is 1. The van der Waals surface area contributed by atoms with E-state index in [1.807, 2.05) is 0 Å². The van der Waals surface area contributed by atoms with Gasteiger partial charge in [0.2, 0.25) is 5.88 Å². The van der Waals surface area contributed by atoms with Gasteiger partial charge in [0.1, 0.15) is 17.4 Å². The predicted octanol–water partition coefficient (Wildman–Crippen LogP) is 3.30. The number of rotatable bonds is 7. The lowest BCUT2D eigenvalue weighted by molar-refractivity contribution is -0.145. The van der Waals surface area contributed by atoms with E-state index in [-0.39, 0.29) is 19.1 Å². The van der Waals surface area contributed by atoms with Crippen LogP contribution >= 0.6 is 23.2 Å². The molecule has 0 aliphatic carbocycles. The summed E-state index contributed by atoms with van der Waals surface area (Å²) < 4.78 is 15.6. The van der Waals surface area contributed by atoms with Crippen molar-refractivity contribution < 1.29 is 19.0 Å². The Kier molecular flexibility index (Phi) is 6.43. The molecule has 2 aromatic heterocycles. The lowest BCUT2D eigenvalue weighted by Gasteiger charge is -2.10. The molecule has 0 amide bonds. The van der Waals surface area contributed by atoms with Crippen LogP contribution < -0.4 is 9.47 Å². The second kappa shape index (κ2) is 8.55. The van der Waals surface area contributed by atoms with E-state index in [1.54, 1.807) is 19.1 Å². The van der Waals surface area contributed by atoms with E-state index in [9.17, 15) is 4.79 Å². The highest BCUT2D eigenvalue weighted by Gasteiger charge is 2.09. The zero-order valence-electron chi connectivity index (χ0n) is 12.3. The summed E-state index contributed by atoms with van der Waals surface area (Å²) in [7, 11) is 0. The molecule has 0 aliphatic heterocycles. The van der Waals surface area contributed by atoms with Gasteiger partial charge < -0.3 is 14.2 Å². The summed E-state index contributed by atoms with van der Waals surface area (Å²) in [4.78, 5) is 19.3. The van der Waals surface area contributed by atoms with E-state index >= 15 is 0 Å². The quantitative estimate of drug-likeness (QED) is 0.708. The van der Waals surface area contributed by atoms with E-state index in [0.717, 1.165) is 0 Å². The van der Waals surface area contributed by atoms with Crippen LogP contribution in [0, 0.1) is 0 Å². The van der Waals surface area contributed by atoms with Crippen molar-refractivity contribution in [3.05, 3.63) is 46.3 Å². The average molecular weight is 357 g/mol. The zero-order valence-corrected chi connectivity index (χ0v) is 13.8. The molecule has 8 heteroatoms. The summed E-state index contributed by atoms with van der Waals surface area (Å²) in [5.74, 6) is 0.107. The van der Waals surface area contributed by atoms with E-state index in [4.69, 9.17) is 37.4 Å². The maximum absolute atomic E-state index is 11.3. The summed E-state index contributed by atoms with van der Waals surface area (Å²) in [6.07, 6.45) is 2.91. The standard InChI is InChI=1S/C15H14Cl2N2O4/c1-2-21-15(20)9-23-14-5-13(12(17)7-19-14)22-8-11-4-3-10(16)6-18-11/h3-7H,2,8-9H2,1H3. The van der Waals surface area contributed by atoms with E-state index in [2.05, 4.69) is 9.97 Å². The van der Waals surface area contributed by atoms with Crippen molar-refractivity contribution in [1.82, 2.24) is 9.97 Å². The van der Waals surface area contributed by atoms with Gasteiger partial charge in [0.05, 0.1) is 23.5 Å². The van der Waals surface area contributed by atoms with Gasteiger partial charge in [-0.3, -0.25) is 4.98 Å². The summed E-state index contributed by atoms with van der Waals surface area (Å²) in [6.45, 7) is 1.98. The molecule has 0 N–H and O–H groups in total. The molecule has 0 fully saturated rings. The molecule has 0 saturated heterocycles. The van der Waals surface area contributed by atoms with Crippen LogP contribution in [0.3, 0.4) is 0 Å². The van der Waals surface area contributed by atoms with Crippen molar-refractivity contribution in [2.75, 3.05) is 13.2 Å². The van der Waals surface area contributed by atoms with Gasteiger partial charge in [0.15, 0.2) is 6.61 Å². The Hall–Kier alpha value is -2.05. The fourth-order valence-electron chi connectivity index (χ4n) is 1.57. The fourth-order valence-corrected chi connectivity index (χ4v) is 1.84. The van der Waals surface area contributed by atoms with Crippen LogP contribution in [0.15, 0.2) is 30.6 Å². The first-order chi connectivity index (χ1) is 11.1. The first-order valence-electron chi connectivity index (χ1n) is 6.75. The smallest absolute Gasteiger partial charge is 0.344 e. The number of pyridine rings is 2. The second-order valence-electron chi connectivity index (χ2n) is 4.30. The Morgan fingerprint density at radius 1 is 1.17 bits per heavy atom. The molecule has 0 atom stereocenters. The van der Waals surface area contributed by atoms with Gasteiger partial charge in [0, 0.05) is 12.3 Å². The number of hydrogen-bond acceptors (Lipinski definition) is 6. The molecule has 2 rings (SSSR count). The van der Waals surface area contributed by atoms with E-state index in [1.165, 1.54) is 18.5 Å². The Morgan fingerprint density at radius 3 is 2.70 bits per heavy atom. The number of hydrogen-bond donors (Lipinski definition) is 0. The van der Waals surface area contributed by atoms with E-state index in [0.29, 0.717) is 28.1 Å². The highest BCUT2D eigenvalue weighted by molar-refractivity contribution is 6.32. The van der Waals surface area contributed by atoms with Gasteiger partial charge in [-0.25, -0.2) is 9.78 Å². The maximum atomic E-state index is 11.3. The molecule has 0 spiro atoms. The lowest BCUT2D eigenvalue weighted by Crippen LogP contribution is -2.15. The molecular formula is C15H14Cl2N2O4. The third kappa shape index (κ3) is 5.58. The van der Waals surface area contributed by atoms with Crippen molar-refractivity contribution in [3.63, 3.8) is 0 Å². The van der Waals surface area contributed by atoms with Crippen molar-refractivity contribution >= 4 is 29.2 Å². The number of aromatic nitrogens is 2. The summed E-state index contributed by atoms with van der Waals surface area (Å²) in [6, 6.07) is 4.96. The molecule has 0 radical (unpaired) electrons. The van der Waals surface area contributed by atoms with Crippen molar-refractivity contribution in [1.29, 1.82) is 0 Å². The molecular weight excluding hydrogens is 343 g/mol. The Morgan fingerprint density at radius 2 is 2.00 bits per heavy atom. The monoisotopic (exact) mass is 356 g/mol. The van der Waals surface area contributed by atoms with Crippen LogP contribution in [-0.4, -0.2) is 29.2 Å². The maximum Gasteiger partial charge on any atom is 0.344 e. The Labute approximate surface area is 143 Å². The minimum Gasteiger partial charge on any atom is -0.485 e. The van der Waals surface area contributed by atoms with Crippen molar-refractivity contribution in [3.8, 4) is 11.6 Å². The summed E-state index contributed by atoms with van der Waals surface area (Å²) >= 11 is 11.8. The molecule has 0 saturated carbocycles. The van der Waals surface area contributed by atoms with Crippen molar-refractivity contribution in [2.45, 2.75) is 13.5 Å². The topological polar surface area (TPSA) is 70.5 Å². The SMILES string of the molecule is CCOC(=O)COc1cc(OCc2ccc(Cl)cn2)c(Cl)cn1. The van der Waals surface area contributed by atoms with Gasteiger partial charge in [-0.05, 0) is 19.1 Å². The van der Waals surface area contributed by atoms with E-state index < -0.39 is 5.97 Å². The first-order valence-corrected chi connectivity index (χ1v) is 7.51. The first kappa shape index (κ1) is 17.3. The van der Waals surface area contributed by atoms with Gasteiger partial charge >= 0.3 is 5.97 Å².